The first-order valence-corrected chi connectivity index (χ1v) is 8.94. The Hall–Kier alpha value is -0.830. The predicted octanol–water partition coefficient (Wildman–Crippen LogP) is 4.80. The molecule has 3 unspecified atom stereocenters. The Morgan fingerprint density at radius 3 is 2.76 bits per heavy atom. The number of likely N-dealkylation sites (tertiary alicyclic amines) is 1. The van der Waals surface area contributed by atoms with E-state index in [0.29, 0.717) is 12.0 Å². The van der Waals surface area contributed by atoms with E-state index in [4.69, 9.17) is 0 Å². The minimum absolute atomic E-state index is 0.222. The molecule has 0 aromatic heterocycles. The van der Waals surface area contributed by atoms with Gasteiger partial charge in [0.1, 0.15) is 0 Å². The first-order chi connectivity index (χ1) is 10.1. The summed E-state index contributed by atoms with van der Waals surface area (Å²) in [6.07, 6.45) is 6.25. The van der Waals surface area contributed by atoms with E-state index in [2.05, 4.69) is 34.7 Å². The summed E-state index contributed by atoms with van der Waals surface area (Å²) in [5.74, 6) is 1.70. The normalized spacial score (nSPS) is 29.1. The lowest BCUT2D eigenvalue weighted by atomic mass is 9.72. The molecule has 1 aliphatic carbocycles. The second-order valence-electron chi connectivity index (χ2n) is 6.74. The van der Waals surface area contributed by atoms with Gasteiger partial charge in [-0.1, -0.05) is 41.8 Å². The van der Waals surface area contributed by atoms with Crippen molar-refractivity contribution in [3.05, 3.63) is 33.8 Å². The van der Waals surface area contributed by atoms with E-state index >= 15 is 0 Å². The molecule has 1 saturated carbocycles. The third-order valence-electron chi connectivity index (χ3n) is 5.42. The molecule has 1 aliphatic heterocycles. The zero-order valence-electron chi connectivity index (χ0n) is 12.9. The highest BCUT2D eigenvalue weighted by Gasteiger charge is 2.39. The Morgan fingerprint density at radius 1 is 1.24 bits per heavy atom. The van der Waals surface area contributed by atoms with Crippen LogP contribution in [0.1, 0.15) is 54.9 Å². The zero-order chi connectivity index (χ0) is 15.0. The van der Waals surface area contributed by atoms with E-state index in [1.54, 1.807) is 0 Å². The van der Waals surface area contributed by atoms with Crippen LogP contribution in [0.25, 0.3) is 0 Å². The molecule has 0 radical (unpaired) electrons. The largest absolute Gasteiger partial charge is 0.335 e. The molecule has 21 heavy (non-hydrogen) atoms. The number of piperidine rings is 1. The minimum atomic E-state index is 0.222. The number of carbonyl (C=O) groups is 1. The van der Waals surface area contributed by atoms with Gasteiger partial charge in [0.25, 0.3) is 5.91 Å². The second-order valence-corrected chi connectivity index (χ2v) is 7.60. The summed E-state index contributed by atoms with van der Waals surface area (Å²) < 4.78 is 1.03. The van der Waals surface area contributed by atoms with Crippen molar-refractivity contribution in [2.24, 2.45) is 11.8 Å². The van der Waals surface area contributed by atoms with Crippen molar-refractivity contribution >= 4 is 21.8 Å². The third kappa shape index (κ3) is 2.90. The van der Waals surface area contributed by atoms with Gasteiger partial charge in [-0.15, -0.1) is 0 Å². The van der Waals surface area contributed by atoms with Gasteiger partial charge < -0.3 is 4.90 Å². The number of hydrogen-bond acceptors (Lipinski definition) is 1. The molecular weight excluding hydrogens is 326 g/mol. The van der Waals surface area contributed by atoms with Gasteiger partial charge in [-0.2, -0.15) is 0 Å². The maximum Gasteiger partial charge on any atom is 0.254 e. The van der Waals surface area contributed by atoms with Crippen LogP contribution in [0.4, 0.5) is 0 Å². The summed E-state index contributed by atoms with van der Waals surface area (Å²) in [4.78, 5) is 15.1. The molecule has 2 fully saturated rings. The molecule has 3 heteroatoms. The van der Waals surface area contributed by atoms with Gasteiger partial charge in [0, 0.05) is 22.6 Å². The monoisotopic (exact) mass is 349 g/mol. The molecular formula is C18H24BrNO. The van der Waals surface area contributed by atoms with Crippen molar-refractivity contribution in [2.45, 2.75) is 52.0 Å². The SMILES string of the molecule is Cc1ccc(C(=O)N2CCC(C)C3CCCCC32)cc1Br. The van der Waals surface area contributed by atoms with Crippen LogP contribution in [0.15, 0.2) is 22.7 Å². The van der Waals surface area contributed by atoms with E-state index in [9.17, 15) is 4.79 Å². The molecule has 1 saturated heterocycles. The summed E-state index contributed by atoms with van der Waals surface area (Å²) in [6, 6.07) is 6.45. The molecule has 0 bridgehead atoms. The molecule has 1 aromatic carbocycles. The maximum absolute atomic E-state index is 12.9. The number of hydrogen-bond donors (Lipinski definition) is 0. The second kappa shape index (κ2) is 6.12. The number of amides is 1. The first kappa shape index (κ1) is 15.1. The van der Waals surface area contributed by atoms with Crippen LogP contribution in [0.5, 0.6) is 0 Å². The number of halogens is 1. The number of benzene rings is 1. The van der Waals surface area contributed by atoms with Gasteiger partial charge in [0.2, 0.25) is 0 Å². The van der Waals surface area contributed by atoms with Gasteiger partial charge in [0.15, 0.2) is 0 Å². The molecule has 114 valence electrons. The van der Waals surface area contributed by atoms with Crippen LogP contribution in [-0.2, 0) is 0 Å². The van der Waals surface area contributed by atoms with Crippen LogP contribution in [-0.4, -0.2) is 23.4 Å². The summed E-state index contributed by atoms with van der Waals surface area (Å²) in [7, 11) is 0. The number of aryl methyl sites for hydroxylation is 1. The van der Waals surface area contributed by atoms with Gasteiger partial charge in [0.05, 0.1) is 0 Å². The predicted molar refractivity (Wildman–Crippen MR) is 89.4 cm³/mol. The van der Waals surface area contributed by atoms with E-state index < -0.39 is 0 Å². The van der Waals surface area contributed by atoms with Crippen LogP contribution in [0, 0.1) is 18.8 Å². The highest BCUT2D eigenvalue weighted by Crippen LogP contribution is 2.39. The molecule has 0 N–H and O–H groups in total. The molecule has 3 rings (SSSR count). The van der Waals surface area contributed by atoms with Crippen molar-refractivity contribution in [3.8, 4) is 0 Å². The fourth-order valence-electron chi connectivity index (χ4n) is 4.06. The smallest absolute Gasteiger partial charge is 0.254 e. The van der Waals surface area contributed by atoms with E-state index in [-0.39, 0.29) is 5.91 Å². The summed E-state index contributed by atoms with van der Waals surface area (Å²) >= 11 is 3.55. The van der Waals surface area contributed by atoms with Crippen molar-refractivity contribution in [2.75, 3.05) is 6.54 Å². The van der Waals surface area contributed by atoms with Crippen molar-refractivity contribution < 1.29 is 4.79 Å². The van der Waals surface area contributed by atoms with E-state index in [1.807, 2.05) is 18.2 Å². The Kier molecular flexibility index (Phi) is 4.39. The molecule has 2 nitrogen and oxygen atoms in total. The molecule has 1 amide bonds. The van der Waals surface area contributed by atoms with Crippen LogP contribution in [0.3, 0.4) is 0 Å². The number of nitrogens with zero attached hydrogens (tertiary/aromatic N) is 1. The first-order valence-electron chi connectivity index (χ1n) is 8.15. The quantitative estimate of drug-likeness (QED) is 0.713. The average Bonchev–Trinajstić information content (AvgIpc) is 2.50. The van der Waals surface area contributed by atoms with Crippen molar-refractivity contribution in [1.82, 2.24) is 4.90 Å². The summed E-state index contributed by atoms with van der Waals surface area (Å²) in [6.45, 7) is 5.35. The van der Waals surface area contributed by atoms with Crippen molar-refractivity contribution in [1.29, 1.82) is 0 Å². The molecule has 0 spiro atoms. The number of carbonyl (C=O) groups excluding carboxylic acids is 1. The molecule has 2 aliphatic rings. The molecule has 1 heterocycles. The summed E-state index contributed by atoms with van der Waals surface area (Å²) in [5, 5.41) is 0. The molecule has 3 atom stereocenters. The van der Waals surface area contributed by atoms with Gasteiger partial charge in [-0.25, -0.2) is 0 Å². The Bertz CT molecular complexity index is 542. The van der Waals surface area contributed by atoms with Crippen LogP contribution in [0.2, 0.25) is 0 Å². The van der Waals surface area contributed by atoms with Crippen LogP contribution >= 0.6 is 15.9 Å². The van der Waals surface area contributed by atoms with Crippen molar-refractivity contribution in [3.63, 3.8) is 0 Å². The van der Waals surface area contributed by atoms with Gasteiger partial charge in [-0.3, -0.25) is 4.79 Å². The highest BCUT2D eigenvalue weighted by molar-refractivity contribution is 9.10. The van der Waals surface area contributed by atoms with Gasteiger partial charge in [-0.05, 0) is 55.7 Å². The zero-order valence-corrected chi connectivity index (χ0v) is 14.5. The Balaban J connectivity index is 1.84. The highest BCUT2D eigenvalue weighted by atomic mass is 79.9. The fourth-order valence-corrected chi connectivity index (χ4v) is 4.44. The lowest BCUT2D eigenvalue weighted by molar-refractivity contribution is 0.0217. The van der Waals surface area contributed by atoms with E-state index in [1.165, 1.54) is 31.2 Å². The van der Waals surface area contributed by atoms with E-state index in [0.717, 1.165) is 28.9 Å². The van der Waals surface area contributed by atoms with Gasteiger partial charge >= 0.3 is 0 Å². The Labute approximate surface area is 136 Å². The standard InChI is InChI=1S/C18H24BrNO/c1-12-9-10-20(17-6-4-3-5-15(12)17)18(21)14-8-7-13(2)16(19)11-14/h7-8,11-12,15,17H,3-6,9-10H2,1-2H3. The fraction of sp³-hybridized carbons (Fsp3) is 0.611. The number of rotatable bonds is 1. The van der Waals surface area contributed by atoms with Crippen LogP contribution < -0.4 is 0 Å². The lowest BCUT2D eigenvalue weighted by Crippen LogP contribution is -2.52. The summed E-state index contributed by atoms with van der Waals surface area (Å²) in [5.41, 5.74) is 2.00. The third-order valence-corrected chi connectivity index (χ3v) is 6.27. The number of fused-ring (bicyclic) bond motifs is 1. The molecule has 1 aromatic rings. The lowest BCUT2D eigenvalue weighted by Gasteiger charge is -2.47. The average molecular weight is 350 g/mol. The minimum Gasteiger partial charge on any atom is -0.335 e. The topological polar surface area (TPSA) is 20.3 Å². The Morgan fingerprint density at radius 2 is 2.00 bits per heavy atom. The maximum atomic E-state index is 12.9.